The van der Waals surface area contributed by atoms with Crippen molar-refractivity contribution < 1.29 is 14.2 Å². The molecule has 0 bridgehead atoms. The van der Waals surface area contributed by atoms with Crippen molar-refractivity contribution in [3.05, 3.63) is 17.7 Å². The van der Waals surface area contributed by atoms with Gasteiger partial charge in [0.05, 0.1) is 21.3 Å². The molecule has 0 saturated heterocycles. The third-order valence-corrected chi connectivity index (χ3v) is 2.51. The fourth-order valence-electron chi connectivity index (χ4n) is 1.46. The van der Waals surface area contributed by atoms with Crippen molar-refractivity contribution in [3.63, 3.8) is 0 Å². The van der Waals surface area contributed by atoms with Gasteiger partial charge in [0.2, 0.25) is 5.75 Å². The number of thiocarbonyl (C=S) groups is 1. The van der Waals surface area contributed by atoms with E-state index in [1.807, 2.05) is 6.07 Å². The summed E-state index contributed by atoms with van der Waals surface area (Å²) in [5.74, 6) is 1.67. The van der Waals surface area contributed by atoms with Crippen molar-refractivity contribution >= 4 is 17.2 Å². The largest absolute Gasteiger partial charge is 0.493 e. The van der Waals surface area contributed by atoms with Crippen LogP contribution in [0.5, 0.6) is 17.2 Å². The third kappa shape index (κ3) is 3.25. The molecule has 0 fully saturated rings. The Bertz CT molecular complexity index is 458. The minimum atomic E-state index is 0.142. The molecular weight excluding hydrogens is 252 g/mol. The minimum Gasteiger partial charge on any atom is -0.493 e. The van der Waals surface area contributed by atoms with Gasteiger partial charge in [-0.25, -0.2) is 0 Å². The maximum Gasteiger partial charge on any atom is 0.203 e. The van der Waals surface area contributed by atoms with Crippen LogP contribution < -0.4 is 19.5 Å². The molecule has 0 amide bonds. The van der Waals surface area contributed by atoms with Gasteiger partial charge < -0.3 is 19.5 Å². The maximum absolute atomic E-state index is 8.57. The molecule has 1 aromatic rings. The van der Waals surface area contributed by atoms with E-state index in [2.05, 4.69) is 5.32 Å². The van der Waals surface area contributed by atoms with E-state index in [4.69, 9.17) is 31.7 Å². The van der Waals surface area contributed by atoms with Crippen LogP contribution in [0.25, 0.3) is 0 Å². The fraction of sp³-hybridized carbons (Fsp3) is 0.333. The highest BCUT2D eigenvalue weighted by atomic mass is 32.1. The van der Waals surface area contributed by atoms with Gasteiger partial charge in [0.1, 0.15) is 6.07 Å². The minimum absolute atomic E-state index is 0.142. The normalized spacial score (nSPS) is 9.22. The molecule has 0 aromatic heterocycles. The molecule has 0 heterocycles. The Hall–Kier alpha value is -2.00. The monoisotopic (exact) mass is 266 g/mol. The number of hydrogen-bond acceptors (Lipinski definition) is 5. The van der Waals surface area contributed by atoms with E-state index in [-0.39, 0.29) is 4.99 Å². The predicted molar refractivity (Wildman–Crippen MR) is 71.1 cm³/mol. The molecule has 0 saturated carbocycles. The zero-order valence-electron chi connectivity index (χ0n) is 10.4. The number of nitrogens with zero attached hydrogens (tertiary/aromatic N) is 1. The quantitative estimate of drug-likeness (QED) is 0.818. The molecule has 1 rings (SSSR count). The summed E-state index contributed by atoms with van der Waals surface area (Å²) in [5.41, 5.74) is 0.877. The Balaban J connectivity index is 3.01. The van der Waals surface area contributed by atoms with Gasteiger partial charge in [0.25, 0.3) is 0 Å². The number of methoxy groups -OCH3 is 3. The average molecular weight is 266 g/mol. The highest BCUT2D eigenvalue weighted by molar-refractivity contribution is 7.80. The van der Waals surface area contributed by atoms with E-state index in [0.717, 1.165) is 5.56 Å². The first kappa shape index (κ1) is 14.1. The molecule has 0 aliphatic heterocycles. The first-order valence-electron chi connectivity index (χ1n) is 5.13. The maximum atomic E-state index is 8.57. The van der Waals surface area contributed by atoms with Crippen LogP contribution in [0.15, 0.2) is 12.1 Å². The van der Waals surface area contributed by atoms with Gasteiger partial charge in [-0.3, -0.25) is 0 Å². The van der Waals surface area contributed by atoms with Gasteiger partial charge in [-0.1, -0.05) is 0 Å². The lowest BCUT2D eigenvalue weighted by molar-refractivity contribution is 0.323. The van der Waals surface area contributed by atoms with Gasteiger partial charge in [0, 0.05) is 6.54 Å². The van der Waals surface area contributed by atoms with E-state index in [1.165, 1.54) is 0 Å². The molecule has 0 unspecified atom stereocenters. The van der Waals surface area contributed by atoms with Crippen LogP contribution in [0, 0.1) is 11.3 Å². The van der Waals surface area contributed by atoms with Gasteiger partial charge in [0.15, 0.2) is 16.5 Å². The van der Waals surface area contributed by atoms with Crippen molar-refractivity contribution in [2.75, 3.05) is 21.3 Å². The van der Waals surface area contributed by atoms with Gasteiger partial charge in [-0.2, -0.15) is 5.26 Å². The molecule has 5 nitrogen and oxygen atoms in total. The van der Waals surface area contributed by atoms with Crippen LogP contribution in [-0.4, -0.2) is 26.3 Å². The van der Waals surface area contributed by atoms with Crippen LogP contribution in [0.2, 0.25) is 0 Å². The van der Waals surface area contributed by atoms with E-state index in [1.54, 1.807) is 33.5 Å². The van der Waals surface area contributed by atoms with Gasteiger partial charge in [-0.05, 0) is 29.9 Å². The Kier molecular flexibility index (Phi) is 5.21. The van der Waals surface area contributed by atoms with E-state index < -0.39 is 0 Å². The molecule has 0 atom stereocenters. The molecule has 1 aromatic carbocycles. The second kappa shape index (κ2) is 6.67. The summed E-state index contributed by atoms with van der Waals surface area (Å²) in [6.07, 6.45) is 0. The van der Waals surface area contributed by atoms with Crippen LogP contribution in [-0.2, 0) is 6.54 Å². The molecule has 0 aliphatic rings. The second-order valence-electron chi connectivity index (χ2n) is 3.33. The smallest absolute Gasteiger partial charge is 0.203 e. The first-order valence-corrected chi connectivity index (χ1v) is 5.53. The van der Waals surface area contributed by atoms with Crippen molar-refractivity contribution in [2.45, 2.75) is 6.54 Å². The molecule has 18 heavy (non-hydrogen) atoms. The van der Waals surface area contributed by atoms with Gasteiger partial charge >= 0.3 is 0 Å². The molecule has 0 aliphatic carbocycles. The standard InChI is InChI=1S/C12H14N2O3S/c1-15-9-4-8(7-14-11(18)6-13)5-10(16-2)12(9)17-3/h4-5H,7H2,1-3H3,(H,14,18). The first-order chi connectivity index (χ1) is 8.65. The SMILES string of the molecule is COc1cc(CNC(=S)C#N)cc(OC)c1OC. The van der Waals surface area contributed by atoms with Crippen molar-refractivity contribution in [2.24, 2.45) is 0 Å². The summed E-state index contributed by atoms with van der Waals surface area (Å²) in [6, 6.07) is 5.45. The van der Waals surface area contributed by atoms with Crippen LogP contribution in [0.1, 0.15) is 5.56 Å². The van der Waals surface area contributed by atoms with E-state index in [9.17, 15) is 0 Å². The van der Waals surface area contributed by atoms with E-state index in [0.29, 0.717) is 23.8 Å². The summed E-state index contributed by atoms with van der Waals surface area (Å²) in [7, 11) is 4.64. The lowest BCUT2D eigenvalue weighted by atomic mass is 10.2. The number of nitrogens with one attached hydrogen (secondary N) is 1. The zero-order chi connectivity index (χ0) is 13.5. The Morgan fingerprint density at radius 3 is 2.17 bits per heavy atom. The topological polar surface area (TPSA) is 63.5 Å². The highest BCUT2D eigenvalue weighted by Crippen LogP contribution is 2.38. The number of ether oxygens (including phenoxy) is 3. The summed E-state index contributed by atoms with van der Waals surface area (Å²) < 4.78 is 15.7. The van der Waals surface area contributed by atoms with Crippen molar-refractivity contribution in [3.8, 4) is 23.3 Å². The Morgan fingerprint density at radius 1 is 1.22 bits per heavy atom. The molecular formula is C12H14N2O3S. The number of hydrogen-bond donors (Lipinski definition) is 1. The summed E-state index contributed by atoms with van der Waals surface area (Å²) >= 11 is 4.77. The molecule has 1 N–H and O–H groups in total. The number of rotatable bonds is 5. The molecule has 0 spiro atoms. The Labute approximate surface area is 111 Å². The van der Waals surface area contributed by atoms with Crippen LogP contribution in [0.4, 0.5) is 0 Å². The summed E-state index contributed by atoms with van der Waals surface area (Å²) in [4.78, 5) is 0.142. The number of nitriles is 1. The molecule has 6 heteroatoms. The Morgan fingerprint density at radius 2 is 1.78 bits per heavy atom. The zero-order valence-corrected chi connectivity index (χ0v) is 11.3. The summed E-state index contributed by atoms with van der Waals surface area (Å²) in [5, 5.41) is 11.4. The number of benzene rings is 1. The van der Waals surface area contributed by atoms with E-state index >= 15 is 0 Å². The third-order valence-electron chi connectivity index (χ3n) is 2.28. The summed E-state index contributed by atoms with van der Waals surface area (Å²) in [6.45, 7) is 0.420. The van der Waals surface area contributed by atoms with Crippen molar-refractivity contribution in [1.29, 1.82) is 5.26 Å². The highest BCUT2D eigenvalue weighted by Gasteiger charge is 2.12. The molecule has 96 valence electrons. The second-order valence-corrected chi connectivity index (χ2v) is 3.74. The van der Waals surface area contributed by atoms with Crippen molar-refractivity contribution in [1.82, 2.24) is 5.32 Å². The van der Waals surface area contributed by atoms with Crippen LogP contribution in [0.3, 0.4) is 0 Å². The molecule has 0 radical (unpaired) electrons. The van der Waals surface area contributed by atoms with Gasteiger partial charge in [-0.15, -0.1) is 0 Å². The lowest BCUT2D eigenvalue weighted by Gasteiger charge is -2.14. The van der Waals surface area contributed by atoms with Crippen LogP contribution >= 0.6 is 12.2 Å². The fourth-order valence-corrected chi connectivity index (χ4v) is 1.53. The lowest BCUT2D eigenvalue weighted by Crippen LogP contribution is -2.18. The predicted octanol–water partition coefficient (Wildman–Crippen LogP) is 1.65. The average Bonchev–Trinajstić information content (AvgIpc) is 2.43.